The molecule has 17 heavy (non-hydrogen) atoms. The Bertz CT molecular complexity index is 363. The van der Waals surface area contributed by atoms with Crippen LogP contribution in [-0.2, 0) is 6.54 Å². The first-order valence-corrected chi connectivity index (χ1v) is 5.91. The molecule has 0 heterocycles. The van der Waals surface area contributed by atoms with Crippen molar-refractivity contribution in [1.82, 2.24) is 5.32 Å². The summed E-state index contributed by atoms with van der Waals surface area (Å²) >= 11 is 0. The normalized spacial score (nSPS) is 11.5. The van der Waals surface area contributed by atoms with Crippen LogP contribution in [0.4, 0.5) is 0 Å². The SMILES string of the molecule is CC(C)(C)CCNCc1ccc(C(=O)O)cc1. The summed E-state index contributed by atoms with van der Waals surface area (Å²) in [6, 6.07) is 6.99. The highest BCUT2D eigenvalue weighted by Gasteiger charge is 2.08. The van der Waals surface area contributed by atoms with Crippen LogP contribution in [0.1, 0.15) is 43.1 Å². The van der Waals surface area contributed by atoms with Crippen LogP contribution in [0.15, 0.2) is 24.3 Å². The highest BCUT2D eigenvalue weighted by molar-refractivity contribution is 5.87. The molecular weight excluding hydrogens is 214 g/mol. The third-order valence-electron chi connectivity index (χ3n) is 2.58. The molecule has 0 aliphatic carbocycles. The Morgan fingerprint density at radius 2 is 1.82 bits per heavy atom. The fourth-order valence-corrected chi connectivity index (χ4v) is 1.46. The first-order chi connectivity index (χ1) is 7.88. The zero-order valence-electron chi connectivity index (χ0n) is 10.8. The van der Waals surface area contributed by atoms with E-state index in [4.69, 9.17) is 5.11 Å². The smallest absolute Gasteiger partial charge is 0.335 e. The molecule has 3 heteroatoms. The lowest BCUT2D eigenvalue weighted by Crippen LogP contribution is -2.20. The number of benzene rings is 1. The Labute approximate surface area is 103 Å². The van der Waals surface area contributed by atoms with Crippen LogP contribution < -0.4 is 5.32 Å². The standard InChI is InChI=1S/C14H21NO2/c1-14(2,3)8-9-15-10-11-4-6-12(7-5-11)13(16)17/h4-7,15H,8-10H2,1-3H3,(H,16,17). The molecule has 0 fully saturated rings. The summed E-state index contributed by atoms with van der Waals surface area (Å²) in [5, 5.41) is 12.1. The van der Waals surface area contributed by atoms with E-state index >= 15 is 0 Å². The molecule has 1 aromatic rings. The summed E-state index contributed by atoms with van der Waals surface area (Å²) in [6.07, 6.45) is 1.13. The number of rotatable bonds is 5. The van der Waals surface area contributed by atoms with Gasteiger partial charge in [-0.3, -0.25) is 0 Å². The number of carboxylic acids is 1. The second-order valence-corrected chi connectivity index (χ2v) is 5.49. The van der Waals surface area contributed by atoms with Gasteiger partial charge in [0.15, 0.2) is 0 Å². The molecule has 0 bridgehead atoms. The molecule has 0 radical (unpaired) electrons. The van der Waals surface area contributed by atoms with Gasteiger partial charge in [-0.2, -0.15) is 0 Å². The fraction of sp³-hybridized carbons (Fsp3) is 0.500. The van der Waals surface area contributed by atoms with Gasteiger partial charge in [-0.25, -0.2) is 4.79 Å². The number of nitrogens with one attached hydrogen (secondary N) is 1. The van der Waals surface area contributed by atoms with Crippen molar-refractivity contribution in [2.75, 3.05) is 6.54 Å². The molecule has 0 saturated carbocycles. The Morgan fingerprint density at radius 3 is 2.29 bits per heavy atom. The van der Waals surface area contributed by atoms with Crippen LogP contribution in [0.25, 0.3) is 0 Å². The van der Waals surface area contributed by atoms with E-state index in [0.29, 0.717) is 11.0 Å². The van der Waals surface area contributed by atoms with Crippen LogP contribution in [0, 0.1) is 5.41 Å². The van der Waals surface area contributed by atoms with Crippen molar-refractivity contribution in [1.29, 1.82) is 0 Å². The van der Waals surface area contributed by atoms with Crippen molar-refractivity contribution < 1.29 is 9.90 Å². The van der Waals surface area contributed by atoms with E-state index in [0.717, 1.165) is 25.1 Å². The molecule has 0 amide bonds. The van der Waals surface area contributed by atoms with E-state index in [1.54, 1.807) is 12.1 Å². The fourth-order valence-electron chi connectivity index (χ4n) is 1.46. The van der Waals surface area contributed by atoms with Gasteiger partial charge in [0.2, 0.25) is 0 Å². The summed E-state index contributed by atoms with van der Waals surface area (Å²) in [7, 11) is 0. The molecule has 0 unspecified atom stereocenters. The highest BCUT2D eigenvalue weighted by atomic mass is 16.4. The Hall–Kier alpha value is -1.35. The van der Waals surface area contributed by atoms with Crippen molar-refractivity contribution in [3.63, 3.8) is 0 Å². The number of carbonyl (C=O) groups is 1. The van der Waals surface area contributed by atoms with Crippen molar-refractivity contribution in [2.24, 2.45) is 5.41 Å². The lowest BCUT2D eigenvalue weighted by Gasteiger charge is -2.18. The van der Waals surface area contributed by atoms with Gasteiger partial charge in [0, 0.05) is 6.54 Å². The zero-order valence-corrected chi connectivity index (χ0v) is 10.8. The summed E-state index contributed by atoms with van der Waals surface area (Å²) in [5.74, 6) is -0.878. The summed E-state index contributed by atoms with van der Waals surface area (Å²) in [5.41, 5.74) is 1.80. The molecule has 1 aromatic carbocycles. The monoisotopic (exact) mass is 235 g/mol. The van der Waals surface area contributed by atoms with Gasteiger partial charge in [0.05, 0.1) is 5.56 Å². The van der Waals surface area contributed by atoms with E-state index in [2.05, 4.69) is 26.1 Å². The first-order valence-electron chi connectivity index (χ1n) is 5.91. The molecule has 0 aromatic heterocycles. The minimum Gasteiger partial charge on any atom is -0.478 e. The van der Waals surface area contributed by atoms with E-state index in [1.165, 1.54) is 0 Å². The average molecular weight is 235 g/mol. The second-order valence-electron chi connectivity index (χ2n) is 5.49. The van der Waals surface area contributed by atoms with E-state index in [1.807, 2.05) is 12.1 Å². The summed E-state index contributed by atoms with van der Waals surface area (Å²) in [6.45, 7) is 8.42. The van der Waals surface area contributed by atoms with Gasteiger partial charge >= 0.3 is 5.97 Å². The lowest BCUT2D eigenvalue weighted by molar-refractivity contribution is 0.0697. The summed E-state index contributed by atoms with van der Waals surface area (Å²) in [4.78, 5) is 10.7. The maximum absolute atomic E-state index is 10.7. The van der Waals surface area contributed by atoms with Gasteiger partial charge in [0.25, 0.3) is 0 Å². The van der Waals surface area contributed by atoms with Crippen molar-refractivity contribution in [2.45, 2.75) is 33.7 Å². The molecule has 0 saturated heterocycles. The van der Waals surface area contributed by atoms with Gasteiger partial charge in [-0.15, -0.1) is 0 Å². The summed E-state index contributed by atoms with van der Waals surface area (Å²) < 4.78 is 0. The predicted octanol–water partition coefficient (Wildman–Crippen LogP) is 2.91. The number of carboxylic acid groups (broad SMARTS) is 1. The van der Waals surface area contributed by atoms with E-state index in [9.17, 15) is 4.79 Å². The predicted molar refractivity (Wildman–Crippen MR) is 69.2 cm³/mol. The molecule has 94 valence electrons. The number of hydrogen-bond acceptors (Lipinski definition) is 2. The van der Waals surface area contributed by atoms with Crippen LogP contribution in [-0.4, -0.2) is 17.6 Å². The quantitative estimate of drug-likeness (QED) is 0.771. The van der Waals surface area contributed by atoms with Gasteiger partial charge in [-0.05, 0) is 36.1 Å². The van der Waals surface area contributed by atoms with Crippen LogP contribution >= 0.6 is 0 Å². The van der Waals surface area contributed by atoms with E-state index in [-0.39, 0.29) is 0 Å². The number of aromatic carboxylic acids is 1. The maximum Gasteiger partial charge on any atom is 0.335 e. The van der Waals surface area contributed by atoms with Crippen molar-refractivity contribution in [3.8, 4) is 0 Å². The molecule has 2 N–H and O–H groups in total. The molecule has 3 nitrogen and oxygen atoms in total. The largest absolute Gasteiger partial charge is 0.478 e. The van der Waals surface area contributed by atoms with Crippen LogP contribution in [0.5, 0.6) is 0 Å². The minimum absolute atomic E-state index is 0.337. The number of hydrogen-bond donors (Lipinski definition) is 2. The topological polar surface area (TPSA) is 49.3 Å². The highest BCUT2D eigenvalue weighted by Crippen LogP contribution is 2.17. The Kier molecular flexibility index (Phi) is 4.70. The molecular formula is C14H21NO2. The molecule has 0 aliphatic rings. The molecule has 0 aliphatic heterocycles. The molecule has 0 atom stereocenters. The van der Waals surface area contributed by atoms with Crippen LogP contribution in [0.3, 0.4) is 0 Å². The van der Waals surface area contributed by atoms with Gasteiger partial charge in [0.1, 0.15) is 0 Å². The van der Waals surface area contributed by atoms with Crippen molar-refractivity contribution >= 4 is 5.97 Å². The van der Waals surface area contributed by atoms with Gasteiger partial charge < -0.3 is 10.4 Å². The zero-order chi connectivity index (χ0) is 12.9. The second kappa shape index (κ2) is 5.82. The third-order valence-corrected chi connectivity index (χ3v) is 2.58. The Morgan fingerprint density at radius 1 is 1.24 bits per heavy atom. The first kappa shape index (κ1) is 13.7. The van der Waals surface area contributed by atoms with E-state index < -0.39 is 5.97 Å². The lowest BCUT2D eigenvalue weighted by atomic mass is 9.92. The third kappa shape index (κ3) is 5.50. The maximum atomic E-state index is 10.7. The van der Waals surface area contributed by atoms with Crippen molar-refractivity contribution in [3.05, 3.63) is 35.4 Å². The van der Waals surface area contributed by atoms with Gasteiger partial charge in [-0.1, -0.05) is 32.9 Å². The van der Waals surface area contributed by atoms with Crippen LogP contribution in [0.2, 0.25) is 0 Å². The minimum atomic E-state index is -0.878. The molecule has 1 rings (SSSR count). The average Bonchev–Trinajstić information content (AvgIpc) is 2.24. The molecule has 0 spiro atoms. The Balaban J connectivity index is 2.35.